The molecule has 1 heterocycles. The lowest BCUT2D eigenvalue weighted by molar-refractivity contribution is 0.0935. The number of nitrogens with one attached hydrogen (secondary N) is 1. The fourth-order valence-electron chi connectivity index (χ4n) is 1.86. The number of nitrogens with zero attached hydrogens (tertiary/aromatic N) is 2. The van der Waals surface area contributed by atoms with Gasteiger partial charge >= 0.3 is 0 Å². The smallest absolute Gasteiger partial charge is 0.273 e. The maximum Gasteiger partial charge on any atom is 0.273 e. The van der Waals surface area contributed by atoms with Crippen LogP contribution < -0.4 is 11.1 Å². The number of aromatic nitrogens is 2. The second-order valence-electron chi connectivity index (χ2n) is 4.46. The number of benzene rings is 1. The molecule has 6 heteroatoms. The molecule has 0 fully saturated rings. The first kappa shape index (κ1) is 14.3. The van der Waals surface area contributed by atoms with Gasteiger partial charge in [0, 0.05) is 23.5 Å². The third kappa shape index (κ3) is 3.45. The molecule has 0 aliphatic carbocycles. The van der Waals surface area contributed by atoms with E-state index in [2.05, 4.69) is 15.3 Å². The average molecular weight is 291 g/mol. The monoisotopic (exact) mass is 290 g/mol. The number of hydrogen-bond donors (Lipinski definition) is 2. The van der Waals surface area contributed by atoms with Crippen LogP contribution in [0.15, 0.2) is 36.7 Å². The lowest BCUT2D eigenvalue weighted by Crippen LogP contribution is -2.35. The van der Waals surface area contributed by atoms with Crippen molar-refractivity contribution in [3.05, 3.63) is 52.9 Å². The minimum atomic E-state index is -0.338. The maximum absolute atomic E-state index is 12.0. The number of nitrogens with two attached hydrogens (primary N) is 1. The summed E-state index contributed by atoms with van der Waals surface area (Å²) in [5.74, 6) is -0.218. The zero-order valence-corrected chi connectivity index (χ0v) is 11.8. The van der Waals surface area contributed by atoms with E-state index in [1.807, 2.05) is 31.2 Å². The molecule has 0 saturated carbocycles. The molecule has 104 valence electrons. The first-order valence-corrected chi connectivity index (χ1v) is 6.56. The van der Waals surface area contributed by atoms with Gasteiger partial charge in [0.1, 0.15) is 0 Å². The van der Waals surface area contributed by atoms with Gasteiger partial charge in [-0.25, -0.2) is 9.97 Å². The molecule has 1 aromatic carbocycles. The molecule has 1 unspecified atom stereocenters. The van der Waals surface area contributed by atoms with Gasteiger partial charge in [0.25, 0.3) is 5.91 Å². The highest BCUT2D eigenvalue weighted by Gasteiger charge is 2.15. The molecule has 20 heavy (non-hydrogen) atoms. The summed E-state index contributed by atoms with van der Waals surface area (Å²) in [6, 6.07) is 7.45. The van der Waals surface area contributed by atoms with Crippen LogP contribution >= 0.6 is 11.6 Å². The van der Waals surface area contributed by atoms with E-state index in [0.29, 0.717) is 11.4 Å². The number of nitrogen functional groups attached to an aromatic ring is 1. The van der Waals surface area contributed by atoms with E-state index in [1.165, 1.54) is 12.4 Å². The van der Waals surface area contributed by atoms with E-state index in [1.54, 1.807) is 0 Å². The van der Waals surface area contributed by atoms with E-state index < -0.39 is 0 Å². The molecule has 0 spiro atoms. The number of amides is 1. The number of carbonyl (C=O) groups is 1. The van der Waals surface area contributed by atoms with Crippen molar-refractivity contribution < 1.29 is 4.79 Å². The zero-order chi connectivity index (χ0) is 14.5. The fourth-order valence-corrected chi connectivity index (χ4v) is 2.07. The number of halogens is 1. The van der Waals surface area contributed by atoms with Gasteiger partial charge in [-0.2, -0.15) is 0 Å². The Kier molecular flexibility index (Phi) is 4.53. The third-order valence-electron chi connectivity index (χ3n) is 2.80. The van der Waals surface area contributed by atoms with Crippen molar-refractivity contribution in [1.82, 2.24) is 15.3 Å². The molecule has 1 aromatic heterocycles. The van der Waals surface area contributed by atoms with Gasteiger partial charge in [-0.15, -0.1) is 0 Å². The lowest BCUT2D eigenvalue weighted by atomic mass is 10.1. The van der Waals surface area contributed by atoms with Crippen molar-refractivity contribution in [2.24, 2.45) is 0 Å². The summed E-state index contributed by atoms with van der Waals surface area (Å²) in [7, 11) is 0. The van der Waals surface area contributed by atoms with Gasteiger partial charge < -0.3 is 11.1 Å². The summed E-state index contributed by atoms with van der Waals surface area (Å²) in [5, 5.41) is 3.52. The molecule has 0 saturated heterocycles. The summed E-state index contributed by atoms with van der Waals surface area (Å²) >= 11 is 6.09. The Hall–Kier alpha value is -2.14. The molecule has 1 atom stereocenters. The Bertz CT molecular complexity index is 618. The minimum absolute atomic E-state index is 0.0937. The van der Waals surface area contributed by atoms with E-state index in [4.69, 9.17) is 17.3 Å². The second-order valence-corrected chi connectivity index (χ2v) is 4.87. The van der Waals surface area contributed by atoms with Crippen molar-refractivity contribution in [3.63, 3.8) is 0 Å². The molecule has 5 nitrogen and oxygen atoms in total. The van der Waals surface area contributed by atoms with E-state index in [9.17, 15) is 4.79 Å². The van der Waals surface area contributed by atoms with Crippen molar-refractivity contribution in [3.8, 4) is 0 Å². The molecule has 2 rings (SSSR count). The first-order valence-electron chi connectivity index (χ1n) is 6.18. The minimum Gasteiger partial charge on any atom is -0.382 e. The van der Waals surface area contributed by atoms with Crippen LogP contribution in [0.4, 0.5) is 5.82 Å². The Morgan fingerprint density at radius 1 is 1.35 bits per heavy atom. The maximum atomic E-state index is 12.0. The van der Waals surface area contributed by atoms with E-state index in [0.717, 1.165) is 5.56 Å². The van der Waals surface area contributed by atoms with Gasteiger partial charge in [0.15, 0.2) is 11.5 Å². The Morgan fingerprint density at radius 2 is 2.05 bits per heavy atom. The summed E-state index contributed by atoms with van der Waals surface area (Å²) in [5.41, 5.74) is 6.74. The number of anilines is 1. The molecule has 0 aliphatic rings. The SMILES string of the molecule is CC(Cc1ccccc1Cl)NC(=O)c1nccnc1N. The number of carbonyl (C=O) groups excluding carboxylic acids is 1. The van der Waals surface area contributed by atoms with Crippen LogP contribution in [-0.4, -0.2) is 21.9 Å². The van der Waals surface area contributed by atoms with Crippen LogP contribution in [-0.2, 0) is 6.42 Å². The highest BCUT2D eigenvalue weighted by Crippen LogP contribution is 2.16. The predicted octanol–water partition coefficient (Wildman–Crippen LogP) is 2.07. The first-order chi connectivity index (χ1) is 9.58. The zero-order valence-electron chi connectivity index (χ0n) is 11.0. The average Bonchev–Trinajstić information content (AvgIpc) is 2.41. The molecule has 1 amide bonds. The molecule has 0 radical (unpaired) electrons. The topological polar surface area (TPSA) is 80.9 Å². The molecular formula is C14H15ClN4O. The normalized spacial score (nSPS) is 11.9. The molecule has 2 aromatic rings. The standard InChI is InChI=1S/C14H15ClN4O/c1-9(8-10-4-2-3-5-11(10)15)19-14(20)12-13(16)18-7-6-17-12/h2-7,9H,8H2,1H3,(H2,16,18)(H,19,20). The molecule has 0 aliphatic heterocycles. The summed E-state index contributed by atoms with van der Waals surface area (Å²) in [6.07, 6.45) is 3.51. The summed E-state index contributed by atoms with van der Waals surface area (Å²) in [6.45, 7) is 1.90. The van der Waals surface area contributed by atoms with Crippen LogP contribution in [0.3, 0.4) is 0 Å². The van der Waals surface area contributed by atoms with Crippen LogP contribution in [0, 0.1) is 0 Å². The van der Waals surface area contributed by atoms with Crippen LogP contribution in [0.25, 0.3) is 0 Å². The molecule has 0 bridgehead atoms. The second kappa shape index (κ2) is 6.34. The van der Waals surface area contributed by atoms with Crippen LogP contribution in [0.2, 0.25) is 5.02 Å². The molecule has 3 N–H and O–H groups in total. The Labute approximate surface area is 122 Å². The summed E-state index contributed by atoms with van der Waals surface area (Å²) < 4.78 is 0. The van der Waals surface area contributed by atoms with E-state index in [-0.39, 0.29) is 23.5 Å². The van der Waals surface area contributed by atoms with Gasteiger partial charge in [-0.3, -0.25) is 4.79 Å². The molecular weight excluding hydrogens is 276 g/mol. The fraction of sp³-hybridized carbons (Fsp3) is 0.214. The number of hydrogen-bond acceptors (Lipinski definition) is 4. The van der Waals surface area contributed by atoms with Crippen molar-refractivity contribution in [1.29, 1.82) is 0 Å². The third-order valence-corrected chi connectivity index (χ3v) is 3.17. The van der Waals surface area contributed by atoms with Crippen molar-refractivity contribution in [2.75, 3.05) is 5.73 Å². The summed E-state index contributed by atoms with van der Waals surface area (Å²) in [4.78, 5) is 19.8. The highest BCUT2D eigenvalue weighted by atomic mass is 35.5. The largest absolute Gasteiger partial charge is 0.382 e. The quantitative estimate of drug-likeness (QED) is 0.903. The van der Waals surface area contributed by atoms with Crippen molar-refractivity contribution >= 4 is 23.3 Å². The number of rotatable bonds is 4. The van der Waals surface area contributed by atoms with Crippen molar-refractivity contribution in [2.45, 2.75) is 19.4 Å². The lowest BCUT2D eigenvalue weighted by Gasteiger charge is -2.14. The van der Waals surface area contributed by atoms with Gasteiger partial charge in [-0.1, -0.05) is 29.8 Å². The van der Waals surface area contributed by atoms with Crippen LogP contribution in [0.5, 0.6) is 0 Å². The van der Waals surface area contributed by atoms with Gasteiger partial charge in [0.2, 0.25) is 0 Å². The van der Waals surface area contributed by atoms with Crippen LogP contribution in [0.1, 0.15) is 23.0 Å². The van der Waals surface area contributed by atoms with Gasteiger partial charge in [-0.05, 0) is 25.0 Å². The predicted molar refractivity (Wildman–Crippen MR) is 78.5 cm³/mol. The van der Waals surface area contributed by atoms with Gasteiger partial charge in [0.05, 0.1) is 0 Å². The highest BCUT2D eigenvalue weighted by molar-refractivity contribution is 6.31. The Balaban J connectivity index is 2.02. The van der Waals surface area contributed by atoms with E-state index >= 15 is 0 Å². The Morgan fingerprint density at radius 3 is 2.75 bits per heavy atom.